The van der Waals surface area contributed by atoms with E-state index in [9.17, 15) is 4.79 Å². The summed E-state index contributed by atoms with van der Waals surface area (Å²) in [7, 11) is 0. The highest BCUT2D eigenvalue weighted by Gasteiger charge is 2.06. The minimum absolute atomic E-state index is 0.242. The first kappa shape index (κ1) is 12.1. The molecule has 0 aliphatic carbocycles. The monoisotopic (exact) mass is 268 g/mol. The van der Waals surface area contributed by atoms with E-state index in [-0.39, 0.29) is 5.56 Å². The number of anilines is 2. The van der Waals surface area contributed by atoms with Gasteiger partial charge in [0, 0.05) is 11.6 Å². The lowest BCUT2D eigenvalue weighted by molar-refractivity contribution is 1.03. The number of aromatic amines is 2. The van der Waals surface area contributed by atoms with Gasteiger partial charge in [-0.1, -0.05) is 30.3 Å². The molecule has 0 aliphatic heterocycles. The lowest BCUT2D eigenvalue weighted by Crippen LogP contribution is -2.11. The molecule has 0 amide bonds. The summed E-state index contributed by atoms with van der Waals surface area (Å²) in [5.74, 6) is 1.33. The second-order valence-electron chi connectivity index (χ2n) is 4.21. The highest BCUT2D eigenvalue weighted by atomic mass is 16.1. The topological polar surface area (TPSA) is 99.3 Å². The van der Waals surface area contributed by atoms with E-state index < -0.39 is 0 Å². The number of aryl methyl sites for hydroxylation is 1. The standard InChI is InChI=1S/C13H12N6O/c1-8-14-13(19-18-8)17-12-15-10(7-11(20)16-12)9-5-3-2-4-6-9/h2-7H,1H3,(H3,14,15,16,17,18,19,20). The Balaban J connectivity index is 1.97. The average molecular weight is 268 g/mol. The average Bonchev–Trinajstić information content (AvgIpc) is 2.84. The summed E-state index contributed by atoms with van der Waals surface area (Å²) in [6.45, 7) is 1.79. The first-order valence-corrected chi connectivity index (χ1v) is 6.03. The van der Waals surface area contributed by atoms with Crippen molar-refractivity contribution in [2.24, 2.45) is 0 Å². The second kappa shape index (κ2) is 4.96. The first-order valence-electron chi connectivity index (χ1n) is 6.03. The zero-order valence-corrected chi connectivity index (χ0v) is 10.7. The minimum Gasteiger partial charge on any atom is -0.293 e. The maximum Gasteiger partial charge on any atom is 0.252 e. The van der Waals surface area contributed by atoms with Crippen LogP contribution < -0.4 is 10.9 Å². The molecule has 1 aromatic carbocycles. The van der Waals surface area contributed by atoms with Gasteiger partial charge >= 0.3 is 0 Å². The van der Waals surface area contributed by atoms with Crippen LogP contribution in [0.25, 0.3) is 11.3 Å². The molecule has 20 heavy (non-hydrogen) atoms. The second-order valence-corrected chi connectivity index (χ2v) is 4.21. The summed E-state index contributed by atoms with van der Waals surface area (Å²) in [4.78, 5) is 22.7. The molecular formula is C13H12N6O. The van der Waals surface area contributed by atoms with Crippen LogP contribution in [-0.2, 0) is 0 Å². The van der Waals surface area contributed by atoms with Crippen LogP contribution in [-0.4, -0.2) is 25.1 Å². The zero-order chi connectivity index (χ0) is 13.9. The van der Waals surface area contributed by atoms with Crippen LogP contribution in [0.4, 0.5) is 11.9 Å². The molecule has 0 spiro atoms. The number of benzene rings is 1. The number of nitrogens with zero attached hydrogens (tertiary/aromatic N) is 3. The van der Waals surface area contributed by atoms with Crippen molar-refractivity contribution in [3.8, 4) is 11.3 Å². The Morgan fingerprint density at radius 2 is 1.95 bits per heavy atom. The van der Waals surface area contributed by atoms with Crippen LogP contribution in [0, 0.1) is 6.92 Å². The molecule has 0 radical (unpaired) electrons. The fourth-order valence-corrected chi connectivity index (χ4v) is 1.78. The molecule has 0 saturated carbocycles. The van der Waals surface area contributed by atoms with Gasteiger partial charge in [-0.3, -0.25) is 20.2 Å². The van der Waals surface area contributed by atoms with Crippen LogP contribution >= 0.6 is 0 Å². The van der Waals surface area contributed by atoms with E-state index in [2.05, 4.69) is 30.5 Å². The van der Waals surface area contributed by atoms with Gasteiger partial charge in [-0.25, -0.2) is 4.98 Å². The maximum atomic E-state index is 11.7. The molecule has 2 aromatic heterocycles. The summed E-state index contributed by atoms with van der Waals surface area (Å²) in [5, 5.41) is 9.50. The molecule has 3 N–H and O–H groups in total. The van der Waals surface area contributed by atoms with Gasteiger partial charge < -0.3 is 0 Å². The number of H-pyrrole nitrogens is 2. The van der Waals surface area contributed by atoms with Crippen molar-refractivity contribution >= 4 is 11.9 Å². The molecule has 0 atom stereocenters. The lowest BCUT2D eigenvalue weighted by atomic mass is 10.1. The smallest absolute Gasteiger partial charge is 0.252 e. The van der Waals surface area contributed by atoms with Gasteiger partial charge in [-0.15, -0.1) is 5.10 Å². The van der Waals surface area contributed by atoms with Crippen LogP contribution in [0.2, 0.25) is 0 Å². The molecule has 3 rings (SSSR count). The van der Waals surface area contributed by atoms with E-state index in [1.165, 1.54) is 6.07 Å². The van der Waals surface area contributed by atoms with Crippen LogP contribution in [0.5, 0.6) is 0 Å². The van der Waals surface area contributed by atoms with Crippen molar-refractivity contribution in [2.75, 3.05) is 5.32 Å². The molecular weight excluding hydrogens is 256 g/mol. The highest BCUT2D eigenvalue weighted by Crippen LogP contribution is 2.16. The SMILES string of the molecule is Cc1nc(Nc2nc(-c3ccccc3)cc(=O)[nH]2)n[nH]1. The quantitative estimate of drug-likeness (QED) is 0.670. The van der Waals surface area contributed by atoms with Gasteiger partial charge in [0.1, 0.15) is 5.82 Å². The number of rotatable bonds is 3. The predicted molar refractivity (Wildman–Crippen MR) is 74.7 cm³/mol. The number of nitrogens with one attached hydrogen (secondary N) is 3. The highest BCUT2D eigenvalue weighted by molar-refractivity contribution is 5.60. The van der Waals surface area contributed by atoms with E-state index >= 15 is 0 Å². The molecule has 0 bridgehead atoms. The van der Waals surface area contributed by atoms with E-state index in [4.69, 9.17) is 0 Å². The summed E-state index contributed by atoms with van der Waals surface area (Å²) in [5.41, 5.74) is 1.21. The van der Waals surface area contributed by atoms with Crippen molar-refractivity contribution < 1.29 is 0 Å². The summed E-state index contributed by atoms with van der Waals surface area (Å²) < 4.78 is 0. The van der Waals surface area contributed by atoms with Gasteiger partial charge in [-0.2, -0.15) is 4.98 Å². The molecule has 7 nitrogen and oxygen atoms in total. The molecule has 0 saturated heterocycles. The first-order chi connectivity index (χ1) is 9.70. The maximum absolute atomic E-state index is 11.7. The predicted octanol–water partition coefficient (Wildman–Crippen LogP) is 1.61. The third kappa shape index (κ3) is 2.56. The van der Waals surface area contributed by atoms with E-state index in [0.29, 0.717) is 23.4 Å². The Labute approximate surface area is 114 Å². The number of aromatic nitrogens is 5. The summed E-state index contributed by atoms with van der Waals surface area (Å²) >= 11 is 0. The van der Waals surface area contributed by atoms with Crippen LogP contribution in [0.15, 0.2) is 41.2 Å². The lowest BCUT2D eigenvalue weighted by Gasteiger charge is -2.04. The van der Waals surface area contributed by atoms with Gasteiger partial charge in [0.15, 0.2) is 0 Å². The van der Waals surface area contributed by atoms with Crippen molar-refractivity contribution in [3.63, 3.8) is 0 Å². The molecule has 0 unspecified atom stereocenters. The van der Waals surface area contributed by atoms with Gasteiger partial charge in [0.2, 0.25) is 11.9 Å². The van der Waals surface area contributed by atoms with Crippen molar-refractivity contribution in [3.05, 3.63) is 52.6 Å². The molecule has 3 aromatic rings. The Hall–Kier alpha value is -2.96. The third-order valence-corrected chi connectivity index (χ3v) is 2.64. The molecule has 100 valence electrons. The molecule has 0 aliphatic rings. The largest absolute Gasteiger partial charge is 0.293 e. The fraction of sp³-hybridized carbons (Fsp3) is 0.0769. The normalized spacial score (nSPS) is 10.4. The van der Waals surface area contributed by atoms with Gasteiger partial charge in [0.25, 0.3) is 5.56 Å². The summed E-state index contributed by atoms with van der Waals surface area (Å²) in [6, 6.07) is 10.9. The van der Waals surface area contributed by atoms with Crippen molar-refractivity contribution in [2.45, 2.75) is 6.92 Å². The number of hydrogen-bond acceptors (Lipinski definition) is 5. The van der Waals surface area contributed by atoms with E-state index in [1.54, 1.807) is 6.92 Å². The molecule has 0 fully saturated rings. The zero-order valence-electron chi connectivity index (χ0n) is 10.7. The van der Waals surface area contributed by atoms with Crippen molar-refractivity contribution in [1.29, 1.82) is 0 Å². The Morgan fingerprint density at radius 1 is 1.15 bits per heavy atom. The van der Waals surface area contributed by atoms with Gasteiger partial charge in [0.05, 0.1) is 5.69 Å². The Bertz CT molecular complexity index is 777. The fourth-order valence-electron chi connectivity index (χ4n) is 1.78. The molecule has 7 heteroatoms. The minimum atomic E-state index is -0.242. The van der Waals surface area contributed by atoms with Gasteiger partial charge in [-0.05, 0) is 6.92 Å². The third-order valence-electron chi connectivity index (χ3n) is 2.64. The Morgan fingerprint density at radius 3 is 2.65 bits per heavy atom. The van der Waals surface area contributed by atoms with Crippen molar-refractivity contribution in [1.82, 2.24) is 25.1 Å². The van der Waals surface area contributed by atoms with Crippen LogP contribution in [0.1, 0.15) is 5.82 Å². The number of hydrogen-bond donors (Lipinski definition) is 3. The summed E-state index contributed by atoms with van der Waals surface area (Å²) in [6.07, 6.45) is 0. The van der Waals surface area contributed by atoms with E-state index in [0.717, 1.165) is 5.56 Å². The van der Waals surface area contributed by atoms with E-state index in [1.807, 2.05) is 30.3 Å². The molecule has 2 heterocycles. The Kier molecular flexibility index (Phi) is 3.00. The van der Waals surface area contributed by atoms with Crippen LogP contribution in [0.3, 0.4) is 0 Å².